The van der Waals surface area contributed by atoms with Crippen LogP contribution in [0.5, 0.6) is 0 Å². The summed E-state index contributed by atoms with van der Waals surface area (Å²) in [6, 6.07) is 7.02. The molecule has 25 heavy (non-hydrogen) atoms. The van der Waals surface area contributed by atoms with Crippen molar-refractivity contribution >= 4 is 27.5 Å². The van der Waals surface area contributed by atoms with Crippen molar-refractivity contribution in [2.75, 3.05) is 13.1 Å². The molecule has 7 heteroatoms. The second-order valence-electron chi connectivity index (χ2n) is 6.75. The number of nitrogens with zero attached hydrogens (tertiary/aromatic N) is 1. The van der Waals surface area contributed by atoms with Gasteiger partial charge in [-0.15, -0.1) is 0 Å². The fourth-order valence-corrected chi connectivity index (χ4v) is 4.83. The van der Waals surface area contributed by atoms with Crippen LogP contribution in [0.2, 0.25) is 5.02 Å². The van der Waals surface area contributed by atoms with Crippen molar-refractivity contribution in [2.45, 2.75) is 51.3 Å². The van der Waals surface area contributed by atoms with Crippen LogP contribution in [-0.2, 0) is 20.6 Å². The Labute approximate surface area is 155 Å². The van der Waals surface area contributed by atoms with Crippen LogP contribution in [0.4, 0.5) is 0 Å². The monoisotopic (exact) mass is 386 g/mol. The van der Waals surface area contributed by atoms with Gasteiger partial charge in [-0.3, -0.25) is 4.79 Å². The number of hydrogen-bond acceptors (Lipinski definition) is 3. The minimum Gasteiger partial charge on any atom is -0.353 e. The van der Waals surface area contributed by atoms with Crippen molar-refractivity contribution in [3.05, 3.63) is 34.9 Å². The molecular formula is C18H27ClN2O3S. The molecule has 140 valence electrons. The van der Waals surface area contributed by atoms with E-state index in [1.165, 1.54) is 4.31 Å². The van der Waals surface area contributed by atoms with Gasteiger partial charge in [0.05, 0.1) is 5.75 Å². The van der Waals surface area contributed by atoms with E-state index in [1.54, 1.807) is 24.3 Å². The molecular weight excluding hydrogens is 360 g/mol. The maximum Gasteiger partial charge on any atom is 0.223 e. The zero-order valence-corrected chi connectivity index (χ0v) is 16.4. The number of carbonyl (C=O) groups excluding carboxylic acids is 1. The minimum absolute atomic E-state index is 0.0332. The molecule has 1 heterocycles. The number of amides is 1. The number of hydrogen-bond donors (Lipinski definition) is 1. The number of benzene rings is 1. The number of nitrogens with one attached hydrogen (secondary N) is 1. The van der Waals surface area contributed by atoms with E-state index < -0.39 is 10.0 Å². The molecule has 1 atom stereocenters. The number of carbonyl (C=O) groups is 1. The summed E-state index contributed by atoms with van der Waals surface area (Å²) in [5.74, 6) is -0.0776. The lowest BCUT2D eigenvalue weighted by Gasteiger charge is -2.31. The Morgan fingerprint density at radius 1 is 1.28 bits per heavy atom. The highest BCUT2D eigenvalue weighted by Gasteiger charge is 2.31. The lowest BCUT2D eigenvalue weighted by Crippen LogP contribution is -2.45. The average Bonchev–Trinajstić information content (AvgIpc) is 2.57. The van der Waals surface area contributed by atoms with Crippen molar-refractivity contribution in [1.82, 2.24) is 9.62 Å². The summed E-state index contributed by atoms with van der Waals surface area (Å²) in [7, 11) is -3.37. The van der Waals surface area contributed by atoms with E-state index in [0.717, 1.165) is 18.4 Å². The topological polar surface area (TPSA) is 66.5 Å². The Kier molecular flexibility index (Phi) is 7.28. The number of rotatable bonds is 7. The van der Waals surface area contributed by atoms with Crippen LogP contribution in [0.25, 0.3) is 0 Å². The third-order valence-corrected chi connectivity index (χ3v) is 6.69. The van der Waals surface area contributed by atoms with E-state index >= 15 is 0 Å². The summed E-state index contributed by atoms with van der Waals surface area (Å²) in [5.41, 5.74) is 0.720. The van der Waals surface area contributed by atoms with Gasteiger partial charge in [0.2, 0.25) is 15.9 Å². The summed E-state index contributed by atoms with van der Waals surface area (Å²) in [4.78, 5) is 12.3. The molecule has 0 unspecified atom stereocenters. The van der Waals surface area contributed by atoms with Gasteiger partial charge in [-0.25, -0.2) is 12.7 Å². The molecule has 1 N–H and O–H groups in total. The van der Waals surface area contributed by atoms with Gasteiger partial charge in [-0.1, -0.05) is 37.1 Å². The van der Waals surface area contributed by atoms with E-state index in [9.17, 15) is 13.2 Å². The molecule has 1 aliphatic heterocycles. The summed E-state index contributed by atoms with van der Waals surface area (Å²) in [6.45, 7) is 4.89. The van der Waals surface area contributed by atoms with Crippen LogP contribution in [0, 0.1) is 5.92 Å². The van der Waals surface area contributed by atoms with Crippen LogP contribution in [-0.4, -0.2) is 37.8 Å². The first-order chi connectivity index (χ1) is 11.8. The molecule has 1 aliphatic rings. The Bertz CT molecular complexity index is 668. The second-order valence-corrected chi connectivity index (χ2v) is 9.16. The van der Waals surface area contributed by atoms with Crippen LogP contribution in [0.15, 0.2) is 24.3 Å². The molecule has 2 rings (SSSR count). The first-order valence-corrected chi connectivity index (χ1v) is 10.8. The van der Waals surface area contributed by atoms with E-state index in [2.05, 4.69) is 12.2 Å². The second kappa shape index (κ2) is 9.01. The smallest absolute Gasteiger partial charge is 0.223 e. The van der Waals surface area contributed by atoms with E-state index in [0.29, 0.717) is 31.0 Å². The van der Waals surface area contributed by atoms with E-state index in [4.69, 9.17) is 11.6 Å². The Morgan fingerprint density at radius 2 is 1.88 bits per heavy atom. The molecule has 1 saturated heterocycles. The first-order valence-electron chi connectivity index (χ1n) is 8.84. The molecule has 0 aliphatic carbocycles. The van der Waals surface area contributed by atoms with Crippen molar-refractivity contribution in [3.8, 4) is 0 Å². The summed E-state index contributed by atoms with van der Waals surface area (Å²) in [6.07, 6.45) is 3.14. The van der Waals surface area contributed by atoms with Gasteiger partial charge in [-0.05, 0) is 43.9 Å². The van der Waals surface area contributed by atoms with Gasteiger partial charge in [0, 0.05) is 30.1 Å². The Morgan fingerprint density at radius 3 is 2.44 bits per heavy atom. The fraction of sp³-hybridized carbons (Fsp3) is 0.611. The minimum atomic E-state index is -3.37. The van der Waals surface area contributed by atoms with Gasteiger partial charge in [0.15, 0.2) is 0 Å². The number of halogens is 1. The fourth-order valence-electron chi connectivity index (χ4n) is 3.14. The summed E-state index contributed by atoms with van der Waals surface area (Å²) < 4.78 is 26.6. The molecule has 1 aromatic rings. The lowest BCUT2D eigenvalue weighted by molar-refractivity contribution is -0.126. The SMILES string of the molecule is CCC[C@@H](C)NC(=O)C1CCN(S(=O)(=O)Cc2ccc(Cl)cc2)CC1. The molecule has 0 radical (unpaired) electrons. The third-order valence-electron chi connectivity index (χ3n) is 4.59. The highest BCUT2D eigenvalue weighted by molar-refractivity contribution is 7.88. The molecule has 1 fully saturated rings. The van der Waals surface area contributed by atoms with Gasteiger partial charge in [0.25, 0.3) is 0 Å². The summed E-state index contributed by atoms with van der Waals surface area (Å²) >= 11 is 5.84. The zero-order valence-electron chi connectivity index (χ0n) is 14.9. The Balaban J connectivity index is 1.88. The van der Waals surface area contributed by atoms with Crippen molar-refractivity contribution in [1.29, 1.82) is 0 Å². The largest absolute Gasteiger partial charge is 0.353 e. The predicted molar refractivity (Wildman–Crippen MR) is 101 cm³/mol. The molecule has 0 saturated carbocycles. The first kappa shape index (κ1) is 20.2. The molecule has 0 aromatic heterocycles. The zero-order chi connectivity index (χ0) is 18.4. The molecule has 0 spiro atoms. The quantitative estimate of drug-likeness (QED) is 0.782. The Hall–Kier alpha value is -1.11. The summed E-state index contributed by atoms with van der Waals surface area (Å²) in [5, 5.41) is 3.62. The van der Waals surface area contributed by atoms with Crippen molar-refractivity contribution in [2.24, 2.45) is 5.92 Å². The predicted octanol–water partition coefficient (Wildman–Crippen LogP) is 3.19. The van der Waals surface area contributed by atoms with Gasteiger partial charge in [-0.2, -0.15) is 0 Å². The highest BCUT2D eigenvalue weighted by Crippen LogP contribution is 2.22. The average molecular weight is 387 g/mol. The molecule has 5 nitrogen and oxygen atoms in total. The van der Waals surface area contributed by atoms with Crippen LogP contribution >= 0.6 is 11.6 Å². The standard InChI is InChI=1S/C18H27ClN2O3S/c1-3-4-14(2)20-18(22)16-9-11-21(12-10-16)25(23,24)13-15-5-7-17(19)8-6-15/h5-8,14,16H,3-4,9-13H2,1-2H3,(H,20,22)/t14-/m1/s1. The van der Waals surface area contributed by atoms with Gasteiger partial charge >= 0.3 is 0 Å². The maximum absolute atomic E-state index is 12.6. The van der Waals surface area contributed by atoms with Crippen molar-refractivity contribution in [3.63, 3.8) is 0 Å². The van der Waals surface area contributed by atoms with Crippen LogP contribution in [0.1, 0.15) is 45.1 Å². The normalized spacial score (nSPS) is 18.0. The molecule has 0 bridgehead atoms. The lowest BCUT2D eigenvalue weighted by atomic mass is 9.96. The van der Waals surface area contributed by atoms with Crippen LogP contribution < -0.4 is 5.32 Å². The van der Waals surface area contributed by atoms with Crippen LogP contribution in [0.3, 0.4) is 0 Å². The highest BCUT2D eigenvalue weighted by atomic mass is 35.5. The van der Waals surface area contributed by atoms with Gasteiger partial charge < -0.3 is 5.32 Å². The number of piperidine rings is 1. The van der Waals surface area contributed by atoms with E-state index in [-0.39, 0.29) is 23.6 Å². The third kappa shape index (κ3) is 5.97. The van der Waals surface area contributed by atoms with E-state index in [1.807, 2.05) is 6.92 Å². The van der Waals surface area contributed by atoms with Crippen molar-refractivity contribution < 1.29 is 13.2 Å². The number of sulfonamides is 1. The van der Waals surface area contributed by atoms with Gasteiger partial charge in [0.1, 0.15) is 0 Å². The molecule has 1 amide bonds. The molecule has 1 aromatic carbocycles. The maximum atomic E-state index is 12.6.